The third-order valence-corrected chi connectivity index (χ3v) is 6.82. The van der Waals surface area contributed by atoms with E-state index in [9.17, 15) is 8.42 Å². The van der Waals surface area contributed by atoms with Gasteiger partial charge in [-0.25, -0.2) is 13.1 Å². The zero-order valence-corrected chi connectivity index (χ0v) is 17.6. The Hall–Kier alpha value is -1.66. The molecule has 1 aliphatic carbocycles. The first-order valence-electron chi connectivity index (χ1n) is 9.81. The topological polar surface area (TPSA) is 64.0 Å². The second-order valence-corrected chi connectivity index (χ2v) is 10.4. The van der Waals surface area contributed by atoms with Gasteiger partial charge in [0.15, 0.2) is 0 Å². The molecule has 1 heterocycles. The highest BCUT2D eigenvalue weighted by Gasteiger charge is 2.33. The normalized spacial score (nSPS) is 21.3. The van der Waals surface area contributed by atoms with E-state index >= 15 is 0 Å². The second kappa shape index (κ2) is 7.76. The standard InChI is InChI=1S/C21H31N3O2S/c1-16-10-8-9-13-18(16)23-27(25,26)19-15-24(22-20(19)21(2,3)4)14-17-11-6-5-7-12-17/h5-7,11-12,15-16,18,23H,8-10,13-14H2,1-4H3. The number of hydrogen-bond donors (Lipinski definition) is 1. The Morgan fingerprint density at radius 2 is 1.81 bits per heavy atom. The summed E-state index contributed by atoms with van der Waals surface area (Å²) in [5, 5.41) is 4.65. The average Bonchev–Trinajstić information content (AvgIpc) is 3.03. The fourth-order valence-electron chi connectivity index (χ4n) is 3.72. The quantitative estimate of drug-likeness (QED) is 0.838. The zero-order valence-electron chi connectivity index (χ0n) is 16.8. The largest absolute Gasteiger partial charge is 0.267 e. The Balaban J connectivity index is 1.92. The van der Waals surface area contributed by atoms with Crippen molar-refractivity contribution in [3.05, 3.63) is 47.8 Å². The Kier molecular flexibility index (Phi) is 5.77. The first-order chi connectivity index (χ1) is 12.7. The summed E-state index contributed by atoms with van der Waals surface area (Å²) in [5.41, 5.74) is 1.36. The van der Waals surface area contributed by atoms with Crippen molar-refractivity contribution in [3.63, 3.8) is 0 Å². The van der Waals surface area contributed by atoms with Crippen LogP contribution in [0.5, 0.6) is 0 Å². The van der Waals surface area contributed by atoms with Crippen molar-refractivity contribution in [3.8, 4) is 0 Å². The summed E-state index contributed by atoms with van der Waals surface area (Å²) in [6.45, 7) is 8.70. The third-order valence-electron chi connectivity index (χ3n) is 5.33. The highest BCUT2D eigenvalue weighted by molar-refractivity contribution is 7.89. The molecule has 0 spiro atoms. The molecule has 0 aliphatic heterocycles. The van der Waals surface area contributed by atoms with E-state index in [1.807, 2.05) is 51.1 Å². The predicted molar refractivity (Wildman–Crippen MR) is 108 cm³/mol. The van der Waals surface area contributed by atoms with Crippen molar-refractivity contribution in [2.45, 2.75) is 76.3 Å². The van der Waals surface area contributed by atoms with Crippen LogP contribution in [0.1, 0.15) is 64.6 Å². The Morgan fingerprint density at radius 1 is 1.15 bits per heavy atom. The lowest BCUT2D eigenvalue weighted by molar-refractivity contribution is 0.310. The molecule has 0 saturated heterocycles. The number of hydrogen-bond acceptors (Lipinski definition) is 3. The molecule has 1 saturated carbocycles. The van der Waals surface area contributed by atoms with Crippen LogP contribution >= 0.6 is 0 Å². The summed E-state index contributed by atoms with van der Waals surface area (Å²) in [6, 6.07) is 9.98. The monoisotopic (exact) mass is 389 g/mol. The molecule has 3 rings (SSSR count). The molecule has 0 amide bonds. The number of aromatic nitrogens is 2. The van der Waals surface area contributed by atoms with Crippen molar-refractivity contribution in [2.75, 3.05) is 0 Å². The van der Waals surface area contributed by atoms with Gasteiger partial charge in [-0.1, -0.05) is 70.9 Å². The zero-order chi connectivity index (χ0) is 19.7. The first kappa shape index (κ1) is 20.1. The molecule has 148 valence electrons. The van der Waals surface area contributed by atoms with Crippen LogP contribution in [0.25, 0.3) is 0 Å². The molecule has 2 unspecified atom stereocenters. The van der Waals surface area contributed by atoms with E-state index in [4.69, 9.17) is 0 Å². The van der Waals surface area contributed by atoms with E-state index in [0.717, 1.165) is 24.8 Å². The molecular weight excluding hydrogens is 358 g/mol. The molecule has 0 bridgehead atoms. The van der Waals surface area contributed by atoms with E-state index < -0.39 is 10.0 Å². The number of benzene rings is 1. The fourth-order valence-corrected chi connectivity index (χ4v) is 5.46. The number of rotatable bonds is 5. The molecule has 1 aliphatic rings. The molecule has 1 fully saturated rings. The Labute approximate surface area is 163 Å². The summed E-state index contributed by atoms with van der Waals surface area (Å²) < 4.78 is 31.1. The highest BCUT2D eigenvalue weighted by Crippen LogP contribution is 2.30. The van der Waals surface area contributed by atoms with Gasteiger partial charge in [0.2, 0.25) is 10.0 Å². The Bertz CT molecular complexity index is 867. The summed E-state index contributed by atoms with van der Waals surface area (Å²) in [6.07, 6.45) is 5.93. The summed E-state index contributed by atoms with van der Waals surface area (Å²) in [5.74, 6) is 0.367. The van der Waals surface area contributed by atoms with Crippen LogP contribution in [0.4, 0.5) is 0 Å². The molecular formula is C21H31N3O2S. The van der Waals surface area contributed by atoms with Crippen molar-refractivity contribution in [2.24, 2.45) is 5.92 Å². The summed E-state index contributed by atoms with van der Waals surface area (Å²) >= 11 is 0. The molecule has 2 atom stereocenters. The van der Waals surface area contributed by atoms with E-state index in [2.05, 4.69) is 16.7 Å². The third kappa shape index (κ3) is 4.79. The molecule has 1 aromatic carbocycles. The minimum Gasteiger partial charge on any atom is -0.267 e. The van der Waals surface area contributed by atoms with Crippen LogP contribution in [0.2, 0.25) is 0 Å². The van der Waals surface area contributed by atoms with Gasteiger partial charge >= 0.3 is 0 Å². The molecule has 2 aromatic rings. The Morgan fingerprint density at radius 3 is 2.44 bits per heavy atom. The number of sulfonamides is 1. The number of nitrogens with zero attached hydrogens (tertiary/aromatic N) is 2. The SMILES string of the molecule is CC1CCCCC1NS(=O)(=O)c1cn(Cc2ccccc2)nc1C(C)(C)C. The lowest BCUT2D eigenvalue weighted by Gasteiger charge is -2.29. The maximum atomic E-state index is 13.2. The lowest BCUT2D eigenvalue weighted by Crippen LogP contribution is -2.41. The van der Waals surface area contributed by atoms with Crippen molar-refractivity contribution >= 4 is 10.0 Å². The van der Waals surface area contributed by atoms with Gasteiger partial charge in [-0.15, -0.1) is 0 Å². The van der Waals surface area contributed by atoms with Crippen molar-refractivity contribution in [1.82, 2.24) is 14.5 Å². The fraction of sp³-hybridized carbons (Fsp3) is 0.571. The van der Waals surface area contributed by atoms with Crippen molar-refractivity contribution < 1.29 is 8.42 Å². The average molecular weight is 390 g/mol. The number of nitrogens with one attached hydrogen (secondary N) is 1. The van der Waals surface area contributed by atoms with Crippen LogP contribution in [0, 0.1) is 5.92 Å². The van der Waals surface area contributed by atoms with E-state index in [1.54, 1.807) is 10.9 Å². The highest BCUT2D eigenvalue weighted by atomic mass is 32.2. The van der Waals surface area contributed by atoms with Gasteiger partial charge in [-0.3, -0.25) is 4.68 Å². The maximum absolute atomic E-state index is 13.2. The van der Waals surface area contributed by atoms with Gasteiger partial charge in [0.25, 0.3) is 0 Å². The van der Waals surface area contributed by atoms with Gasteiger partial charge < -0.3 is 0 Å². The summed E-state index contributed by atoms with van der Waals surface area (Å²) in [4.78, 5) is 0.309. The minimum absolute atomic E-state index is 0.00837. The van der Waals surface area contributed by atoms with Crippen molar-refractivity contribution in [1.29, 1.82) is 0 Å². The molecule has 1 N–H and O–H groups in total. The van der Waals surface area contributed by atoms with E-state index in [-0.39, 0.29) is 11.5 Å². The van der Waals surface area contributed by atoms with Gasteiger partial charge in [-0.05, 0) is 24.3 Å². The van der Waals surface area contributed by atoms with Gasteiger partial charge in [0, 0.05) is 17.7 Å². The molecule has 1 aromatic heterocycles. The molecule has 5 nitrogen and oxygen atoms in total. The molecule has 27 heavy (non-hydrogen) atoms. The van der Waals surface area contributed by atoms with Gasteiger partial charge in [0.1, 0.15) is 4.90 Å². The smallest absolute Gasteiger partial charge is 0.244 e. The van der Waals surface area contributed by atoms with E-state index in [0.29, 0.717) is 23.1 Å². The van der Waals surface area contributed by atoms with Crippen LogP contribution in [0.15, 0.2) is 41.4 Å². The maximum Gasteiger partial charge on any atom is 0.244 e. The molecule has 0 radical (unpaired) electrons. The van der Waals surface area contributed by atoms with Crippen LogP contribution in [-0.4, -0.2) is 24.2 Å². The first-order valence-corrected chi connectivity index (χ1v) is 11.3. The van der Waals surface area contributed by atoms with Gasteiger partial charge in [-0.2, -0.15) is 5.10 Å². The van der Waals surface area contributed by atoms with Crippen LogP contribution in [0.3, 0.4) is 0 Å². The van der Waals surface area contributed by atoms with Crippen LogP contribution in [-0.2, 0) is 22.0 Å². The predicted octanol–water partition coefficient (Wildman–Crippen LogP) is 4.09. The van der Waals surface area contributed by atoms with E-state index in [1.165, 1.54) is 6.42 Å². The molecule has 6 heteroatoms. The van der Waals surface area contributed by atoms with Crippen LogP contribution < -0.4 is 4.72 Å². The summed E-state index contributed by atoms with van der Waals surface area (Å²) in [7, 11) is -3.61. The van der Waals surface area contributed by atoms with Gasteiger partial charge in [0.05, 0.1) is 12.2 Å². The minimum atomic E-state index is -3.61. The second-order valence-electron chi connectivity index (χ2n) is 8.76. The lowest BCUT2D eigenvalue weighted by atomic mass is 9.87.